The maximum Gasteiger partial charge on any atom is 0.171 e. The van der Waals surface area contributed by atoms with Gasteiger partial charge >= 0.3 is 0 Å². The van der Waals surface area contributed by atoms with Crippen LogP contribution in [0.5, 0.6) is 0 Å². The minimum absolute atomic E-state index is 0.501. The number of benzene rings is 1. The van der Waals surface area contributed by atoms with Crippen molar-refractivity contribution in [2.24, 2.45) is 0 Å². The van der Waals surface area contributed by atoms with Gasteiger partial charge in [0.2, 0.25) is 0 Å². The molecule has 2 aromatic rings. The Morgan fingerprint density at radius 1 is 1.15 bits per heavy atom. The minimum atomic E-state index is 0.501. The molecule has 0 aliphatic carbocycles. The quantitative estimate of drug-likeness (QED) is 0.702. The lowest BCUT2D eigenvalue weighted by atomic mass is 9.81. The van der Waals surface area contributed by atoms with E-state index in [1.165, 1.54) is 49.1 Å². The number of fused-ring (bicyclic) bond motifs is 2. The number of hydrogen-bond donors (Lipinski definition) is 3. The first-order chi connectivity index (χ1) is 12.7. The Bertz CT molecular complexity index is 729. The van der Waals surface area contributed by atoms with Gasteiger partial charge in [-0.2, -0.15) is 0 Å². The van der Waals surface area contributed by atoms with Crippen LogP contribution in [-0.2, 0) is 6.54 Å². The van der Waals surface area contributed by atoms with Crippen molar-refractivity contribution < 1.29 is 4.90 Å². The molecule has 5 heteroatoms. The van der Waals surface area contributed by atoms with E-state index in [4.69, 9.17) is 12.2 Å². The average molecular weight is 387 g/mol. The van der Waals surface area contributed by atoms with Gasteiger partial charge < -0.3 is 15.5 Å². The van der Waals surface area contributed by atoms with Crippen LogP contribution in [-0.4, -0.2) is 23.2 Å². The van der Waals surface area contributed by atoms with E-state index < -0.39 is 0 Å². The lowest BCUT2D eigenvalue weighted by molar-refractivity contribution is -0.973. The van der Waals surface area contributed by atoms with Gasteiger partial charge in [0.05, 0.1) is 17.0 Å². The predicted octanol–water partition coefficient (Wildman–Crippen LogP) is 3.51. The summed E-state index contributed by atoms with van der Waals surface area (Å²) in [6, 6.07) is 14.8. The third-order valence-corrected chi connectivity index (χ3v) is 7.08. The summed E-state index contributed by atoms with van der Waals surface area (Å²) in [6.45, 7) is 3.31. The summed E-state index contributed by atoms with van der Waals surface area (Å²) in [7, 11) is 0. The lowest BCUT2D eigenvalue weighted by Crippen LogP contribution is -3.20. The zero-order valence-corrected chi connectivity index (χ0v) is 17.0. The van der Waals surface area contributed by atoms with Gasteiger partial charge in [0, 0.05) is 24.6 Å². The second-order valence-corrected chi connectivity index (χ2v) is 9.18. The maximum atomic E-state index is 5.60. The minimum Gasteiger partial charge on any atom is -0.359 e. The summed E-state index contributed by atoms with van der Waals surface area (Å²) < 4.78 is 0. The Kier molecular flexibility index (Phi) is 5.57. The smallest absolute Gasteiger partial charge is 0.171 e. The van der Waals surface area contributed by atoms with Crippen LogP contribution < -0.4 is 15.5 Å². The molecule has 0 amide bonds. The summed E-state index contributed by atoms with van der Waals surface area (Å²) >= 11 is 7.51. The molecule has 0 spiro atoms. The number of hydrogen-bond acceptors (Lipinski definition) is 2. The molecule has 0 unspecified atom stereocenters. The number of quaternary nitrogens is 1. The molecule has 2 aliphatic heterocycles. The summed E-state index contributed by atoms with van der Waals surface area (Å²) in [5.41, 5.74) is 2.33. The Labute approximate surface area is 165 Å². The van der Waals surface area contributed by atoms with Crippen molar-refractivity contribution in [1.82, 2.24) is 5.32 Å². The normalized spacial score (nSPS) is 27.7. The Balaban J connectivity index is 1.36. The zero-order valence-electron chi connectivity index (χ0n) is 15.3. The van der Waals surface area contributed by atoms with Crippen molar-refractivity contribution in [3.8, 4) is 0 Å². The van der Waals surface area contributed by atoms with Crippen molar-refractivity contribution in [2.45, 2.75) is 63.7 Å². The molecule has 0 saturated carbocycles. The molecule has 1 aromatic carbocycles. The molecule has 3 nitrogen and oxygen atoms in total. The second-order valence-electron chi connectivity index (χ2n) is 7.74. The van der Waals surface area contributed by atoms with Crippen LogP contribution >= 0.6 is 23.6 Å². The van der Waals surface area contributed by atoms with Gasteiger partial charge in [-0.1, -0.05) is 24.3 Å². The Morgan fingerprint density at radius 2 is 1.92 bits per heavy atom. The maximum absolute atomic E-state index is 5.60. The molecule has 26 heavy (non-hydrogen) atoms. The van der Waals surface area contributed by atoms with Gasteiger partial charge in [0.25, 0.3) is 0 Å². The molecule has 2 bridgehead atoms. The molecule has 0 radical (unpaired) electrons. The Morgan fingerprint density at radius 3 is 2.62 bits per heavy atom. The monoisotopic (exact) mass is 386 g/mol. The van der Waals surface area contributed by atoms with Crippen LogP contribution in [0.25, 0.3) is 0 Å². The predicted molar refractivity (Wildman–Crippen MR) is 114 cm³/mol. The first-order valence-electron chi connectivity index (χ1n) is 9.70. The topological polar surface area (TPSA) is 28.5 Å². The van der Waals surface area contributed by atoms with Crippen molar-refractivity contribution in [3.05, 3.63) is 52.2 Å². The highest BCUT2D eigenvalue weighted by Crippen LogP contribution is 2.23. The molecule has 2 saturated heterocycles. The first-order valence-corrected chi connectivity index (χ1v) is 11.0. The fourth-order valence-electron chi connectivity index (χ4n) is 4.71. The van der Waals surface area contributed by atoms with Crippen LogP contribution in [0.1, 0.15) is 42.5 Å². The van der Waals surface area contributed by atoms with E-state index in [1.54, 1.807) is 0 Å². The number of aryl methyl sites for hydroxylation is 1. The van der Waals surface area contributed by atoms with Crippen LogP contribution in [0.4, 0.5) is 5.69 Å². The summed E-state index contributed by atoms with van der Waals surface area (Å²) in [5.74, 6) is 0. The molecule has 2 atom stereocenters. The fraction of sp³-hybridized carbons (Fsp3) is 0.476. The lowest BCUT2D eigenvalue weighted by Gasteiger charge is -2.46. The van der Waals surface area contributed by atoms with Crippen molar-refractivity contribution >= 4 is 34.4 Å². The summed E-state index contributed by atoms with van der Waals surface area (Å²) in [5, 5.41) is 9.97. The van der Waals surface area contributed by atoms with Crippen LogP contribution in [0.3, 0.4) is 0 Å². The highest BCUT2D eigenvalue weighted by molar-refractivity contribution is 7.80. The summed E-state index contributed by atoms with van der Waals surface area (Å²) in [4.78, 5) is 3.34. The van der Waals surface area contributed by atoms with Gasteiger partial charge in [-0.3, -0.25) is 0 Å². The van der Waals surface area contributed by atoms with E-state index in [1.807, 2.05) is 16.2 Å². The highest BCUT2D eigenvalue weighted by Gasteiger charge is 2.42. The van der Waals surface area contributed by atoms with Gasteiger partial charge in [-0.15, -0.1) is 11.3 Å². The van der Waals surface area contributed by atoms with Gasteiger partial charge in [0.1, 0.15) is 6.54 Å². The van der Waals surface area contributed by atoms with E-state index in [0.29, 0.717) is 6.04 Å². The van der Waals surface area contributed by atoms with E-state index in [2.05, 4.69) is 59.3 Å². The molecule has 4 rings (SSSR count). The Hall–Kier alpha value is -1.43. The molecular weight excluding hydrogens is 358 g/mol. The van der Waals surface area contributed by atoms with Gasteiger partial charge in [-0.25, -0.2) is 0 Å². The van der Waals surface area contributed by atoms with E-state index in [0.717, 1.165) is 22.9 Å². The van der Waals surface area contributed by atoms with Crippen molar-refractivity contribution in [3.63, 3.8) is 0 Å². The largest absolute Gasteiger partial charge is 0.359 e. The highest BCUT2D eigenvalue weighted by atomic mass is 32.1. The third-order valence-electron chi connectivity index (χ3n) is 5.98. The number of nitrogens with one attached hydrogen (secondary N) is 3. The van der Waals surface area contributed by atoms with Crippen LogP contribution in [0.15, 0.2) is 41.8 Å². The van der Waals surface area contributed by atoms with Crippen molar-refractivity contribution in [1.29, 1.82) is 0 Å². The molecule has 1 aromatic heterocycles. The number of piperidine rings is 2. The van der Waals surface area contributed by atoms with E-state index >= 15 is 0 Å². The number of thiocarbonyl (C=S) groups is 1. The first kappa shape index (κ1) is 18.0. The van der Waals surface area contributed by atoms with Gasteiger partial charge in [0.15, 0.2) is 5.11 Å². The third kappa shape index (κ3) is 4.11. The SMILES string of the molecule is Cc1ccccc1NC(=S)NC1C[C@H]2CCC[C@H](C1)[NH+]2Cc1cccs1. The number of para-hydroxylation sites is 1. The fourth-order valence-corrected chi connectivity index (χ4v) is 5.73. The zero-order chi connectivity index (χ0) is 17.9. The summed E-state index contributed by atoms with van der Waals surface area (Å²) in [6.07, 6.45) is 6.56. The standard InChI is InChI=1S/C21H27N3S2/c1-15-6-2-3-10-20(15)23-21(25)22-16-12-17-7-4-8-18(13-16)24(17)14-19-9-5-11-26-19/h2-3,5-6,9-11,16-18H,4,7-8,12-14H2,1H3,(H2,22,23,25)/p+1/t17-,18-/m1/s1. The van der Waals surface area contributed by atoms with Crippen LogP contribution in [0, 0.1) is 6.92 Å². The average Bonchev–Trinajstić information content (AvgIpc) is 3.11. The van der Waals surface area contributed by atoms with Gasteiger partial charge in [-0.05, 0) is 61.5 Å². The molecule has 3 heterocycles. The number of thiophene rings is 1. The second kappa shape index (κ2) is 8.07. The molecule has 2 aliphatic rings. The number of anilines is 1. The van der Waals surface area contributed by atoms with Crippen molar-refractivity contribution in [2.75, 3.05) is 5.32 Å². The number of rotatable bonds is 4. The molecular formula is C21H28N3S2+. The molecule has 2 fully saturated rings. The molecule has 3 N–H and O–H groups in total. The van der Waals surface area contributed by atoms with E-state index in [9.17, 15) is 0 Å². The van der Waals surface area contributed by atoms with Crippen LogP contribution in [0.2, 0.25) is 0 Å². The molecule has 138 valence electrons. The van der Waals surface area contributed by atoms with E-state index in [-0.39, 0.29) is 0 Å².